The van der Waals surface area contributed by atoms with E-state index < -0.39 is 0 Å². The van der Waals surface area contributed by atoms with Gasteiger partial charge in [0, 0.05) is 31.2 Å². The molecule has 0 spiro atoms. The second-order valence-corrected chi connectivity index (χ2v) is 5.61. The van der Waals surface area contributed by atoms with Crippen molar-refractivity contribution in [2.24, 2.45) is 5.41 Å². The Balaban J connectivity index is 1.96. The molecule has 1 aromatic heterocycles. The first-order chi connectivity index (χ1) is 8.56. The van der Waals surface area contributed by atoms with Crippen molar-refractivity contribution in [2.75, 3.05) is 26.8 Å². The lowest BCUT2D eigenvalue weighted by Crippen LogP contribution is -2.47. The van der Waals surface area contributed by atoms with Crippen LogP contribution in [0.5, 0.6) is 0 Å². The molecular formula is C14H21N3O. The van der Waals surface area contributed by atoms with Gasteiger partial charge in [-0.2, -0.15) is 5.26 Å². The van der Waals surface area contributed by atoms with E-state index in [2.05, 4.69) is 38.1 Å². The maximum atomic E-state index is 9.03. The van der Waals surface area contributed by atoms with Crippen LogP contribution in [0.15, 0.2) is 12.3 Å². The first kappa shape index (κ1) is 13.1. The van der Waals surface area contributed by atoms with Crippen molar-refractivity contribution in [1.29, 1.82) is 5.26 Å². The lowest BCUT2D eigenvalue weighted by atomic mass is 9.88. The maximum absolute atomic E-state index is 9.03. The topological polar surface area (TPSA) is 41.2 Å². The zero-order chi connectivity index (χ0) is 13.2. The number of hydrogen-bond donors (Lipinski definition) is 0. The number of nitrogens with zero attached hydrogens (tertiary/aromatic N) is 3. The van der Waals surface area contributed by atoms with E-state index in [-0.39, 0.29) is 0 Å². The number of nitriles is 1. The summed E-state index contributed by atoms with van der Waals surface area (Å²) in [5, 5.41) is 9.03. The highest BCUT2D eigenvalue weighted by Crippen LogP contribution is 2.27. The molecular weight excluding hydrogens is 226 g/mol. The molecule has 0 atom stereocenters. The van der Waals surface area contributed by atoms with Crippen LogP contribution in [-0.2, 0) is 17.8 Å². The summed E-state index contributed by atoms with van der Waals surface area (Å²) in [6, 6.07) is 4.22. The Bertz CT molecular complexity index is 454. The van der Waals surface area contributed by atoms with E-state index in [4.69, 9.17) is 10.00 Å². The summed E-state index contributed by atoms with van der Waals surface area (Å²) < 4.78 is 7.27. The van der Waals surface area contributed by atoms with Crippen molar-refractivity contribution in [3.63, 3.8) is 0 Å². The van der Waals surface area contributed by atoms with Crippen molar-refractivity contribution in [3.8, 4) is 6.07 Å². The van der Waals surface area contributed by atoms with Crippen LogP contribution < -0.4 is 0 Å². The Morgan fingerprint density at radius 3 is 2.72 bits per heavy atom. The number of aryl methyl sites for hydroxylation is 1. The number of hydrogen-bond acceptors (Lipinski definition) is 3. The average molecular weight is 247 g/mol. The first-order valence-corrected chi connectivity index (χ1v) is 6.42. The summed E-state index contributed by atoms with van der Waals surface area (Å²) in [6.07, 6.45) is 2.08. The molecule has 0 unspecified atom stereocenters. The molecule has 0 radical (unpaired) electrons. The van der Waals surface area contributed by atoms with Crippen molar-refractivity contribution in [2.45, 2.75) is 26.9 Å². The van der Waals surface area contributed by atoms with Crippen LogP contribution in [0, 0.1) is 16.7 Å². The summed E-state index contributed by atoms with van der Waals surface area (Å²) in [5.41, 5.74) is 2.26. The van der Waals surface area contributed by atoms with Gasteiger partial charge in [-0.1, -0.05) is 6.92 Å². The van der Waals surface area contributed by atoms with Gasteiger partial charge in [0.05, 0.1) is 13.2 Å². The van der Waals surface area contributed by atoms with Gasteiger partial charge in [0.15, 0.2) is 0 Å². The second-order valence-electron chi connectivity index (χ2n) is 5.61. The number of rotatable bonds is 5. The van der Waals surface area contributed by atoms with Crippen molar-refractivity contribution in [3.05, 3.63) is 23.5 Å². The van der Waals surface area contributed by atoms with E-state index in [1.807, 2.05) is 10.6 Å². The minimum atomic E-state index is 0.306. The Morgan fingerprint density at radius 1 is 1.56 bits per heavy atom. The molecule has 0 amide bonds. The molecule has 1 saturated heterocycles. The number of ether oxygens (including phenoxy) is 1. The lowest BCUT2D eigenvalue weighted by molar-refractivity contribution is -0.113. The molecule has 2 heterocycles. The quantitative estimate of drug-likeness (QED) is 0.797. The molecule has 1 aromatic rings. The largest absolute Gasteiger partial charge is 0.380 e. The molecule has 2 rings (SSSR count). The lowest BCUT2D eigenvalue weighted by Gasteiger charge is -2.40. The Labute approximate surface area is 109 Å². The highest BCUT2D eigenvalue weighted by Gasteiger charge is 2.34. The van der Waals surface area contributed by atoms with Crippen molar-refractivity contribution >= 4 is 0 Å². The van der Waals surface area contributed by atoms with Gasteiger partial charge in [-0.05, 0) is 25.6 Å². The van der Waals surface area contributed by atoms with Gasteiger partial charge in [0.25, 0.3) is 0 Å². The van der Waals surface area contributed by atoms with Gasteiger partial charge < -0.3 is 14.2 Å². The summed E-state index contributed by atoms with van der Waals surface area (Å²) in [6.45, 7) is 8.79. The van der Waals surface area contributed by atoms with Crippen LogP contribution in [0.3, 0.4) is 0 Å². The summed E-state index contributed by atoms with van der Waals surface area (Å²) in [7, 11) is 2.12. The summed E-state index contributed by atoms with van der Waals surface area (Å²) in [4.78, 5) is 2.30. The van der Waals surface area contributed by atoms with Gasteiger partial charge in [-0.25, -0.2) is 0 Å². The minimum absolute atomic E-state index is 0.306. The van der Waals surface area contributed by atoms with E-state index in [0.717, 1.165) is 38.5 Å². The molecule has 18 heavy (non-hydrogen) atoms. The Kier molecular flexibility index (Phi) is 3.74. The molecule has 0 bridgehead atoms. The van der Waals surface area contributed by atoms with Crippen molar-refractivity contribution < 1.29 is 4.74 Å². The maximum Gasteiger partial charge on any atom is 0.120 e. The molecule has 1 aliphatic rings. The SMILES string of the molecule is CCn1cc(CN(C)CC2(C)COC2)cc1C#N. The fraction of sp³-hybridized carbons (Fsp3) is 0.643. The molecule has 0 aromatic carbocycles. The first-order valence-electron chi connectivity index (χ1n) is 6.42. The zero-order valence-corrected chi connectivity index (χ0v) is 11.4. The highest BCUT2D eigenvalue weighted by atomic mass is 16.5. The highest BCUT2D eigenvalue weighted by molar-refractivity contribution is 5.28. The van der Waals surface area contributed by atoms with E-state index in [9.17, 15) is 0 Å². The molecule has 4 heteroatoms. The van der Waals surface area contributed by atoms with Gasteiger partial charge >= 0.3 is 0 Å². The predicted octanol–water partition coefficient (Wildman–Crippen LogP) is 1.85. The molecule has 98 valence electrons. The molecule has 4 nitrogen and oxygen atoms in total. The van der Waals surface area contributed by atoms with Gasteiger partial charge in [0.2, 0.25) is 0 Å². The second kappa shape index (κ2) is 5.13. The Hall–Kier alpha value is -1.31. The normalized spacial score (nSPS) is 17.5. The smallest absolute Gasteiger partial charge is 0.120 e. The predicted molar refractivity (Wildman–Crippen MR) is 70.1 cm³/mol. The third-order valence-corrected chi connectivity index (χ3v) is 3.41. The van der Waals surface area contributed by atoms with Crippen LogP contribution in [0.25, 0.3) is 0 Å². The summed E-state index contributed by atoms with van der Waals surface area (Å²) in [5.74, 6) is 0. The fourth-order valence-electron chi connectivity index (χ4n) is 2.57. The van der Waals surface area contributed by atoms with Gasteiger partial charge in [-0.3, -0.25) is 0 Å². The molecule has 0 saturated carbocycles. The van der Waals surface area contributed by atoms with Crippen LogP contribution in [0.1, 0.15) is 25.1 Å². The van der Waals surface area contributed by atoms with Crippen LogP contribution in [0.4, 0.5) is 0 Å². The van der Waals surface area contributed by atoms with E-state index in [0.29, 0.717) is 5.41 Å². The van der Waals surface area contributed by atoms with E-state index in [1.54, 1.807) is 0 Å². The van der Waals surface area contributed by atoms with E-state index in [1.165, 1.54) is 5.56 Å². The van der Waals surface area contributed by atoms with E-state index >= 15 is 0 Å². The van der Waals surface area contributed by atoms with Crippen LogP contribution in [-0.4, -0.2) is 36.3 Å². The minimum Gasteiger partial charge on any atom is -0.380 e. The standard InChI is InChI=1S/C14H21N3O/c1-4-17-8-12(5-13(17)6-15)7-16(3)9-14(2)10-18-11-14/h5,8H,4,7,9-11H2,1-3H3. The monoisotopic (exact) mass is 247 g/mol. The fourth-order valence-corrected chi connectivity index (χ4v) is 2.57. The molecule has 0 N–H and O–H groups in total. The van der Waals surface area contributed by atoms with Crippen molar-refractivity contribution in [1.82, 2.24) is 9.47 Å². The zero-order valence-electron chi connectivity index (χ0n) is 11.4. The summed E-state index contributed by atoms with van der Waals surface area (Å²) >= 11 is 0. The van der Waals surface area contributed by atoms with Crippen LogP contribution >= 0.6 is 0 Å². The van der Waals surface area contributed by atoms with Gasteiger partial charge in [-0.15, -0.1) is 0 Å². The van der Waals surface area contributed by atoms with Crippen LogP contribution in [0.2, 0.25) is 0 Å². The molecule has 1 aliphatic heterocycles. The number of aromatic nitrogens is 1. The third-order valence-electron chi connectivity index (χ3n) is 3.41. The van der Waals surface area contributed by atoms with Gasteiger partial charge in [0.1, 0.15) is 11.8 Å². The molecule has 1 fully saturated rings. The average Bonchev–Trinajstić information content (AvgIpc) is 2.68. The third kappa shape index (κ3) is 2.74. The Morgan fingerprint density at radius 2 is 2.28 bits per heavy atom. The molecule has 0 aliphatic carbocycles.